The quantitative estimate of drug-likeness (QED) is 0.167. The second kappa shape index (κ2) is 9.25. The minimum atomic E-state index is -1.93. The van der Waals surface area contributed by atoms with E-state index in [-0.39, 0.29) is 40.6 Å². The summed E-state index contributed by atoms with van der Waals surface area (Å²) in [5.74, 6) is -6.22. The third-order valence-corrected chi connectivity index (χ3v) is 9.96. The van der Waals surface area contributed by atoms with Crippen molar-refractivity contribution in [1.82, 2.24) is 9.96 Å². The molecular formula is C25H23BrCl2N2O8. The molecule has 2 saturated heterocycles. The standard InChI is InChI=1S/C25H23BrCl2N2O8/c1-37-16-7-11(8-17(38-2)19(16)31)3-6-15-12-4-5-13-18(21(33)30(36)20(13)32)14(12)9-24(27)22(34)29(10-26)23(35)25(15,24)28/h3-4,6-8,13-15,18,31,36H,5,9-10H2,1-2H3/t13-,14+,15-,18-,24+,25-/m0/s1. The van der Waals surface area contributed by atoms with Crippen LogP contribution in [0.2, 0.25) is 0 Å². The number of phenols is 1. The maximum atomic E-state index is 13.6. The first-order valence-electron chi connectivity index (χ1n) is 11.7. The molecule has 1 aromatic rings. The first kappa shape index (κ1) is 27.0. The number of fused-ring (bicyclic) bond motifs is 4. The molecule has 202 valence electrons. The molecular weight excluding hydrogens is 607 g/mol. The van der Waals surface area contributed by atoms with Crippen molar-refractivity contribution in [1.29, 1.82) is 0 Å². The van der Waals surface area contributed by atoms with E-state index < -0.39 is 57.0 Å². The summed E-state index contributed by atoms with van der Waals surface area (Å²) < 4.78 is 10.4. The molecule has 10 nitrogen and oxygen atoms in total. The molecule has 2 heterocycles. The number of halogens is 3. The number of benzene rings is 1. The summed E-state index contributed by atoms with van der Waals surface area (Å²) in [6.07, 6.45) is 4.97. The number of carbonyl (C=O) groups excluding carboxylic acids is 4. The SMILES string of the molecule is COc1cc(C=C[C@H]2C3=CC[C@@H]4C(=O)N(O)C(=O)[C@@H]4[C@@H]3C[C@@]3(Cl)C(=O)N(CBr)C(=O)[C@@]23Cl)cc(OC)c1O. The highest BCUT2D eigenvalue weighted by molar-refractivity contribution is 9.09. The van der Waals surface area contributed by atoms with Crippen molar-refractivity contribution in [3.63, 3.8) is 0 Å². The second-order valence-corrected chi connectivity index (χ2v) is 11.4. The third kappa shape index (κ3) is 3.41. The Bertz CT molecular complexity index is 1310. The molecule has 0 bridgehead atoms. The second-order valence-electron chi connectivity index (χ2n) is 9.65. The molecule has 0 unspecified atom stereocenters. The summed E-state index contributed by atoms with van der Waals surface area (Å²) in [5.41, 5.74) is 0.977. The number of ether oxygens (including phenoxy) is 2. The van der Waals surface area contributed by atoms with Crippen molar-refractivity contribution in [3.05, 3.63) is 35.4 Å². The van der Waals surface area contributed by atoms with Crippen LogP contribution in [-0.2, 0) is 19.2 Å². The Balaban J connectivity index is 1.67. The lowest BCUT2D eigenvalue weighted by molar-refractivity contribution is -0.173. The number of hydrogen-bond donors (Lipinski definition) is 2. The highest BCUT2D eigenvalue weighted by Crippen LogP contribution is 2.63. The summed E-state index contributed by atoms with van der Waals surface area (Å²) in [6, 6.07) is 3.09. The summed E-state index contributed by atoms with van der Waals surface area (Å²) in [5, 5.41) is 20.4. The molecule has 6 atom stereocenters. The zero-order valence-electron chi connectivity index (χ0n) is 20.2. The van der Waals surface area contributed by atoms with Gasteiger partial charge in [-0.05, 0) is 36.5 Å². The van der Waals surface area contributed by atoms with E-state index in [0.29, 0.717) is 11.1 Å². The Morgan fingerprint density at radius 2 is 1.71 bits per heavy atom. The van der Waals surface area contributed by atoms with Gasteiger partial charge in [0.15, 0.2) is 21.2 Å². The molecule has 38 heavy (non-hydrogen) atoms. The Labute approximate surface area is 235 Å². The number of rotatable bonds is 5. The van der Waals surface area contributed by atoms with Crippen LogP contribution in [0, 0.1) is 23.7 Å². The van der Waals surface area contributed by atoms with Crippen LogP contribution >= 0.6 is 39.1 Å². The number of phenolic OH excluding ortho intramolecular Hbond substituents is 1. The van der Waals surface area contributed by atoms with Gasteiger partial charge >= 0.3 is 0 Å². The largest absolute Gasteiger partial charge is 0.502 e. The lowest BCUT2D eigenvalue weighted by atomic mass is 9.57. The number of carbonyl (C=O) groups is 4. The van der Waals surface area contributed by atoms with E-state index >= 15 is 0 Å². The normalized spacial score (nSPS) is 34.4. The lowest BCUT2D eigenvalue weighted by Gasteiger charge is -2.49. The Morgan fingerprint density at radius 1 is 1.08 bits per heavy atom. The summed E-state index contributed by atoms with van der Waals surface area (Å²) in [4.78, 5) is 49.6. The average Bonchev–Trinajstić information content (AvgIpc) is 3.21. The minimum Gasteiger partial charge on any atom is -0.502 e. The Morgan fingerprint density at radius 3 is 2.29 bits per heavy atom. The van der Waals surface area contributed by atoms with Gasteiger partial charge in [0.05, 0.1) is 31.5 Å². The molecule has 5 rings (SSSR count). The lowest BCUT2D eigenvalue weighted by Crippen LogP contribution is -2.60. The van der Waals surface area contributed by atoms with Crippen LogP contribution in [0.5, 0.6) is 17.2 Å². The van der Waals surface area contributed by atoms with E-state index in [1.807, 2.05) is 0 Å². The number of nitrogens with zero attached hydrogens (tertiary/aromatic N) is 2. The van der Waals surface area contributed by atoms with Gasteiger partial charge in [0.1, 0.15) is 0 Å². The maximum absolute atomic E-state index is 13.6. The fourth-order valence-corrected chi connectivity index (χ4v) is 7.58. The maximum Gasteiger partial charge on any atom is 0.257 e. The first-order chi connectivity index (χ1) is 18.0. The predicted molar refractivity (Wildman–Crippen MR) is 138 cm³/mol. The number of hydroxylamine groups is 2. The number of hydrogen-bond acceptors (Lipinski definition) is 8. The van der Waals surface area contributed by atoms with Crippen LogP contribution < -0.4 is 9.47 Å². The molecule has 0 radical (unpaired) electrons. The zero-order chi connectivity index (χ0) is 27.7. The molecule has 1 aromatic carbocycles. The van der Waals surface area contributed by atoms with Gasteiger partial charge in [-0.15, -0.1) is 23.2 Å². The van der Waals surface area contributed by atoms with Crippen LogP contribution in [0.3, 0.4) is 0 Å². The molecule has 1 saturated carbocycles. The van der Waals surface area contributed by atoms with Gasteiger partial charge in [0.25, 0.3) is 23.6 Å². The fraction of sp³-hybridized carbons (Fsp3) is 0.440. The monoisotopic (exact) mass is 628 g/mol. The molecule has 4 aliphatic rings. The number of likely N-dealkylation sites (tertiary alicyclic amines) is 1. The zero-order valence-corrected chi connectivity index (χ0v) is 23.3. The minimum absolute atomic E-state index is 0.127. The molecule has 0 spiro atoms. The van der Waals surface area contributed by atoms with Gasteiger partial charge < -0.3 is 14.6 Å². The van der Waals surface area contributed by atoms with Crippen LogP contribution in [0.15, 0.2) is 29.9 Å². The molecule has 2 aliphatic heterocycles. The number of alkyl halides is 3. The van der Waals surface area contributed by atoms with E-state index in [9.17, 15) is 29.5 Å². The van der Waals surface area contributed by atoms with Crippen molar-refractivity contribution in [3.8, 4) is 17.2 Å². The predicted octanol–water partition coefficient (Wildman–Crippen LogP) is 3.06. The van der Waals surface area contributed by atoms with E-state index in [0.717, 1.165) is 4.90 Å². The number of allylic oxidation sites excluding steroid dienone is 3. The highest BCUT2D eigenvalue weighted by Gasteiger charge is 2.75. The van der Waals surface area contributed by atoms with Crippen LogP contribution in [-0.4, -0.2) is 73.3 Å². The van der Waals surface area contributed by atoms with Gasteiger partial charge in [-0.3, -0.25) is 29.3 Å². The van der Waals surface area contributed by atoms with Gasteiger partial charge in [-0.1, -0.05) is 39.7 Å². The highest BCUT2D eigenvalue weighted by atomic mass is 79.9. The molecule has 2 aliphatic carbocycles. The van der Waals surface area contributed by atoms with Crippen molar-refractivity contribution in [2.75, 3.05) is 19.7 Å². The van der Waals surface area contributed by atoms with Crippen molar-refractivity contribution < 1.29 is 39.0 Å². The Hall–Kier alpha value is -2.60. The van der Waals surface area contributed by atoms with E-state index in [4.69, 9.17) is 32.7 Å². The smallest absolute Gasteiger partial charge is 0.257 e. The third-order valence-electron chi connectivity index (χ3n) is 8.03. The van der Waals surface area contributed by atoms with E-state index in [1.165, 1.54) is 14.2 Å². The van der Waals surface area contributed by atoms with E-state index in [1.54, 1.807) is 30.4 Å². The number of aromatic hydroxyl groups is 1. The van der Waals surface area contributed by atoms with Gasteiger partial charge in [-0.25, -0.2) is 0 Å². The van der Waals surface area contributed by atoms with Crippen molar-refractivity contribution in [2.24, 2.45) is 23.7 Å². The molecule has 2 N–H and O–H groups in total. The number of methoxy groups -OCH3 is 2. The van der Waals surface area contributed by atoms with Crippen LogP contribution in [0.4, 0.5) is 0 Å². The fourth-order valence-electron chi connectivity index (χ4n) is 6.20. The van der Waals surface area contributed by atoms with Gasteiger partial charge in [0, 0.05) is 5.92 Å². The Kier molecular flexibility index (Phi) is 6.57. The number of amides is 4. The first-order valence-corrected chi connectivity index (χ1v) is 13.5. The topological polar surface area (TPSA) is 134 Å². The van der Waals surface area contributed by atoms with Crippen molar-refractivity contribution in [2.45, 2.75) is 22.6 Å². The van der Waals surface area contributed by atoms with Crippen LogP contribution in [0.1, 0.15) is 18.4 Å². The molecule has 4 amide bonds. The van der Waals surface area contributed by atoms with Crippen LogP contribution in [0.25, 0.3) is 6.08 Å². The summed E-state index contributed by atoms with van der Waals surface area (Å²) in [7, 11) is 2.77. The average molecular weight is 630 g/mol. The van der Waals surface area contributed by atoms with Crippen molar-refractivity contribution >= 4 is 68.8 Å². The van der Waals surface area contributed by atoms with Gasteiger partial charge in [0.2, 0.25) is 5.75 Å². The molecule has 3 fully saturated rings. The van der Waals surface area contributed by atoms with E-state index in [2.05, 4.69) is 15.9 Å². The number of imide groups is 2. The van der Waals surface area contributed by atoms with Gasteiger partial charge in [-0.2, -0.15) is 5.06 Å². The summed E-state index contributed by atoms with van der Waals surface area (Å²) in [6.45, 7) is 0. The molecule has 13 heteroatoms. The molecule has 0 aromatic heterocycles. The summed E-state index contributed by atoms with van der Waals surface area (Å²) >= 11 is 17.3.